The predicted molar refractivity (Wildman–Crippen MR) is 124 cm³/mol. The second-order valence-corrected chi connectivity index (χ2v) is 9.13. The molecular weight excluding hydrogens is 430 g/mol. The summed E-state index contributed by atoms with van der Waals surface area (Å²) in [5, 5.41) is 14.3. The molecule has 6 nitrogen and oxygen atoms in total. The molecule has 1 N–H and O–H groups in total. The Morgan fingerprint density at radius 3 is 2.65 bits per heavy atom. The summed E-state index contributed by atoms with van der Waals surface area (Å²) in [6.07, 6.45) is 9.45. The molecule has 1 aliphatic rings. The van der Waals surface area contributed by atoms with Crippen LogP contribution in [0, 0.1) is 0 Å². The van der Waals surface area contributed by atoms with E-state index in [4.69, 9.17) is 16.6 Å². The number of aromatic nitrogens is 4. The van der Waals surface area contributed by atoms with Gasteiger partial charge in [0.25, 0.3) is 5.91 Å². The van der Waals surface area contributed by atoms with E-state index >= 15 is 0 Å². The van der Waals surface area contributed by atoms with E-state index in [1.54, 1.807) is 30.6 Å². The minimum atomic E-state index is -0.253. The zero-order chi connectivity index (χ0) is 21.2. The van der Waals surface area contributed by atoms with Gasteiger partial charge in [0.2, 0.25) is 5.13 Å². The monoisotopic (exact) mass is 449 g/mol. The van der Waals surface area contributed by atoms with Crippen LogP contribution in [0.1, 0.15) is 53.4 Å². The molecule has 0 unspecified atom stereocenters. The van der Waals surface area contributed by atoms with Crippen molar-refractivity contribution < 1.29 is 4.79 Å². The number of anilines is 1. The maximum atomic E-state index is 13.3. The van der Waals surface area contributed by atoms with Crippen LogP contribution in [-0.2, 0) is 0 Å². The highest BCUT2D eigenvalue weighted by Gasteiger charge is 2.21. The van der Waals surface area contributed by atoms with Crippen molar-refractivity contribution in [1.82, 2.24) is 20.2 Å². The van der Waals surface area contributed by atoms with Crippen molar-refractivity contribution in [1.29, 1.82) is 0 Å². The zero-order valence-electron chi connectivity index (χ0n) is 16.7. The molecule has 3 aromatic heterocycles. The molecule has 156 valence electrons. The van der Waals surface area contributed by atoms with Gasteiger partial charge in [-0.05, 0) is 49.2 Å². The number of nitrogens with zero attached hydrogens (tertiary/aromatic N) is 4. The third-order valence-corrected chi connectivity index (χ3v) is 6.84. The Labute approximate surface area is 188 Å². The molecule has 3 heterocycles. The van der Waals surface area contributed by atoms with Gasteiger partial charge in [-0.15, -0.1) is 10.2 Å². The lowest BCUT2D eigenvalue weighted by molar-refractivity contribution is 0.102. The molecule has 0 aliphatic heterocycles. The number of hydrogen-bond donors (Lipinski definition) is 1. The van der Waals surface area contributed by atoms with Gasteiger partial charge in [0.05, 0.1) is 16.8 Å². The molecule has 5 rings (SSSR count). The smallest absolute Gasteiger partial charge is 0.258 e. The van der Waals surface area contributed by atoms with Crippen LogP contribution in [0.25, 0.3) is 22.2 Å². The van der Waals surface area contributed by atoms with Crippen molar-refractivity contribution in [3.05, 3.63) is 64.4 Å². The molecule has 0 radical (unpaired) electrons. The van der Waals surface area contributed by atoms with Gasteiger partial charge in [-0.3, -0.25) is 15.1 Å². The Morgan fingerprint density at radius 2 is 1.84 bits per heavy atom. The van der Waals surface area contributed by atoms with E-state index in [-0.39, 0.29) is 5.91 Å². The quantitative estimate of drug-likeness (QED) is 0.407. The number of benzene rings is 1. The molecule has 1 fully saturated rings. The molecule has 1 saturated carbocycles. The lowest BCUT2D eigenvalue weighted by atomic mass is 9.90. The number of pyridine rings is 2. The fourth-order valence-electron chi connectivity index (χ4n) is 4.02. The third kappa shape index (κ3) is 4.29. The van der Waals surface area contributed by atoms with Gasteiger partial charge in [0, 0.05) is 34.3 Å². The molecular formula is C23H20ClN5OS. The Kier molecular flexibility index (Phi) is 5.61. The minimum absolute atomic E-state index is 0.253. The van der Waals surface area contributed by atoms with E-state index in [9.17, 15) is 4.79 Å². The number of rotatable bonds is 4. The average molecular weight is 450 g/mol. The highest BCUT2D eigenvalue weighted by molar-refractivity contribution is 7.15. The summed E-state index contributed by atoms with van der Waals surface area (Å²) in [4.78, 5) is 22.0. The predicted octanol–water partition coefficient (Wildman–Crippen LogP) is 6.10. The lowest BCUT2D eigenvalue weighted by Crippen LogP contribution is -2.13. The summed E-state index contributed by atoms with van der Waals surface area (Å²) in [6, 6.07) is 10.9. The van der Waals surface area contributed by atoms with Crippen LogP contribution in [0.2, 0.25) is 5.02 Å². The Bertz CT molecular complexity index is 1240. The van der Waals surface area contributed by atoms with Crippen LogP contribution < -0.4 is 5.32 Å². The summed E-state index contributed by atoms with van der Waals surface area (Å²) in [7, 11) is 0. The van der Waals surface area contributed by atoms with Gasteiger partial charge in [-0.2, -0.15) is 0 Å². The molecule has 0 saturated heterocycles. The molecule has 31 heavy (non-hydrogen) atoms. The summed E-state index contributed by atoms with van der Waals surface area (Å²) in [5.41, 5.74) is 2.77. The lowest BCUT2D eigenvalue weighted by Gasteiger charge is -2.18. The topological polar surface area (TPSA) is 80.7 Å². The second kappa shape index (κ2) is 8.69. The van der Waals surface area contributed by atoms with Crippen molar-refractivity contribution in [2.24, 2.45) is 0 Å². The molecule has 0 atom stereocenters. The highest BCUT2D eigenvalue weighted by Crippen LogP contribution is 2.35. The standard InChI is InChI=1S/C23H20ClN5OS/c24-16-6-7-19-17(12-16)18(13-20(26-19)14-8-10-25-11-9-14)21(30)27-23-29-28-22(31-23)15-4-2-1-3-5-15/h6-13,15H,1-5H2,(H,27,29,30). The third-order valence-electron chi connectivity index (χ3n) is 5.61. The number of halogens is 1. The van der Waals surface area contributed by atoms with Crippen molar-refractivity contribution >= 4 is 44.9 Å². The summed E-state index contributed by atoms with van der Waals surface area (Å²) >= 11 is 7.68. The SMILES string of the molecule is O=C(Nc1nnc(C2CCCCC2)s1)c1cc(-c2ccncc2)nc2ccc(Cl)cc12. The number of carbonyl (C=O) groups is 1. The van der Waals surface area contributed by atoms with Gasteiger partial charge in [0.15, 0.2) is 0 Å². The summed E-state index contributed by atoms with van der Waals surface area (Å²) in [5.74, 6) is 0.201. The number of fused-ring (bicyclic) bond motifs is 1. The maximum absolute atomic E-state index is 13.3. The Balaban J connectivity index is 1.49. The van der Waals surface area contributed by atoms with Crippen LogP contribution in [0.15, 0.2) is 48.8 Å². The van der Waals surface area contributed by atoms with Crippen LogP contribution in [0.3, 0.4) is 0 Å². The first-order chi connectivity index (χ1) is 15.2. The largest absolute Gasteiger partial charge is 0.296 e. The normalized spacial score (nSPS) is 14.6. The molecule has 0 spiro atoms. The van der Waals surface area contributed by atoms with Gasteiger partial charge in [0.1, 0.15) is 5.01 Å². The van der Waals surface area contributed by atoms with Crippen LogP contribution in [0.5, 0.6) is 0 Å². The fraction of sp³-hybridized carbons (Fsp3) is 0.261. The van der Waals surface area contributed by atoms with Crippen molar-refractivity contribution in [3.8, 4) is 11.3 Å². The van der Waals surface area contributed by atoms with E-state index in [1.165, 1.54) is 30.6 Å². The van der Waals surface area contributed by atoms with E-state index < -0.39 is 0 Å². The molecule has 1 aromatic carbocycles. The van der Waals surface area contributed by atoms with Crippen molar-refractivity contribution in [2.45, 2.75) is 38.0 Å². The van der Waals surface area contributed by atoms with Gasteiger partial charge < -0.3 is 0 Å². The molecule has 4 aromatic rings. The first kappa shape index (κ1) is 20.0. The minimum Gasteiger partial charge on any atom is -0.296 e. The average Bonchev–Trinajstić information content (AvgIpc) is 3.28. The van der Waals surface area contributed by atoms with Crippen molar-refractivity contribution in [2.75, 3.05) is 5.32 Å². The maximum Gasteiger partial charge on any atom is 0.258 e. The van der Waals surface area contributed by atoms with Gasteiger partial charge >= 0.3 is 0 Å². The number of amides is 1. The van der Waals surface area contributed by atoms with E-state index in [0.29, 0.717) is 38.2 Å². The Morgan fingerprint density at radius 1 is 1.03 bits per heavy atom. The van der Waals surface area contributed by atoms with Crippen LogP contribution in [-0.4, -0.2) is 26.1 Å². The Hall–Kier alpha value is -2.90. The highest BCUT2D eigenvalue weighted by atomic mass is 35.5. The molecule has 8 heteroatoms. The summed E-state index contributed by atoms with van der Waals surface area (Å²) in [6.45, 7) is 0. The molecule has 0 bridgehead atoms. The van der Waals surface area contributed by atoms with Gasteiger partial charge in [-0.1, -0.05) is 42.2 Å². The van der Waals surface area contributed by atoms with E-state index in [1.807, 2.05) is 18.2 Å². The van der Waals surface area contributed by atoms with Crippen molar-refractivity contribution in [3.63, 3.8) is 0 Å². The van der Waals surface area contributed by atoms with Gasteiger partial charge in [-0.25, -0.2) is 4.98 Å². The van der Waals surface area contributed by atoms with Crippen LogP contribution >= 0.6 is 22.9 Å². The van der Waals surface area contributed by atoms with E-state index in [2.05, 4.69) is 20.5 Å². The number of nitrogens with one attached hydrogen (secondary N) is 1. The van der Waals surface area contributed by atoms with Crippen LogP contribution in [0.4, 0.5) is 5.13 Å². The summed E-state index contributed by atoms with van der Waals surface area (Å²) < 4.78 is 0. The first-order valence-corrected chi connectivity index (χ1v) is 11.5. The first-order valence-electron chi connectivity index (χ1n) is 10.3. The molecule has 1 amide bonds. The van der Waals surface area contributed by atoms with E-state index in [0.717, 1.165) is 23.4 Å². The molecule has 1 aliphatic carbocycles. The number of hydrogen-bond acceptors (Lipinski definition) is 6. The fourth-order valence-corrected chi connectivity index (χ4v) is 5.10. The zero-order valence-corrected chi connectivity index (χ0v) is 18.3. The second-order valence-electron chi connectivity index (χ2n) is 7.69. The number of carbonyl (C=O) groups excluding carboxylic acids is 1.